The van der Waals surface area contributed by atoms with Crippen LogP contribution < -0.4 is 5.32 Å². The highest BCUT2D eigenvalue weighted by Gasteiger charge is 2.30. The van der Waals surface area contributed by atoms with E-state index in [9.17, 15) is 0 Å². The number of anilines is 1. The number of aryl methyl sites for hydroxylation is 1. The molecule has 5 heteroatoms. The average molecular weight is 344 g/mol. The summed E-state index contributed by atoms with van der Waals surface area (Å²) in [4.78, 5) is 9.36. The Labute approximate surface area is 130 Å². The van der Waals surface area contributed by atoms with Crippen molar-refractivity contribution in [3.8, 4) is 0 Å². The van der Waals surface area contributed by atoms with Crippen molar-refractivity contribution in [3.05, 3.63) is 16.0 Å². The van der Waals surface area contributed by atoms with E-state index in [0.717, 1.165) is 34.7 Å². The highest BCUT2D eigenvalue weighted by molar-refractivity contribution is 9.10. The molecule has 1 atom stereocenters. The zero-order valence-corrected chi connectivity index (χ0v) is 15.0. The van der Waals surface area contributed by atoms with Gasteiger partial charge >= 0.3 is 0 Å². The number of hydrogen-bond acceptors (Lipinski definition) is 4. The second-order valence-electron chi connectivity index (χ2n) is 5.89. The van der Waals surface area contributed by atoms with E-state index < -0.39 is 0 Å². The Morgan fingerprint density at radius 2 is 1.90 bits per heavy atom. The van der Waals surface area contributed by atoms with E-state index in [-0.39, 0.29) is 11.5 Å². The lowest BCUT2D eigenvalue weighted by atomic mass is 9.88. The van der Waals surface area contributed by atoms with Crippen LogP contribution in [0.4, 0.5) is 5.82 Å². The van der Waals surface area contributed by atoms with Crippen molar-refractivity contribution in [2.45, 2.75) is 53.6 Å². The molecule has 4 nitrogen and oxygen atoms in total. The molecule has 0 fully saturated rings. The minimum Gasteiger partial charge on any atom is -0.372 e. The topological polar surface area (TPSA) is 47.0 Å². The molecule has 1 heterocycles. The monoisotopic (exact) mass is 343 g/mol. The molecule has 0 spiro atoms. The summed E-state index contributed by atoms with van der Waals surface area (Å²) < 4.78 is 6.85. The molecule has 0 aliphatic heterocycles. The molecule has 0 aliphatic rings. The lowest BCUT2D eigenvalue weighted by Crippen LogP contribution is -2.24. The van der Waals surface area contributed by atoms with Crippen molar-refractivity contribution in [2.75, 3.05) is 19.0 Å². The molecule has 1 aromatic heterocycles. The first-order chi connectivity index (χ1) is 9.35. The molecule has 0 saturated carbocycles. The zero-order chi connectivity index (χ0) is 15.3. The predicted molar refractivity (Wildman–Crippen MR) is 87.1 cm³/mol. The van der Waals surface area contributed by atoms with Gasteiger partial charge < -0.3 is 10.1 Å². The number of aromatic nitrogens is 2. The normalized spacial score (nSPS) is 13.3. The molecule has 114 valence electrons. The number of ether oxygens (including phenoxy) is 1. The van der Waals surface area contributed by atoms with Gasteiger partial charge in [-0.1, -0.05) is 34.1 Å². The van der Waals surface area contributed by atoms with Crippen LogP contribution in [0.3, 0.4) is 0 Å². The summed E-state index contributed by atoms with van der Waals surface area (Å²) in [7, 11) is 1.87. The van der Waals surface area contributed by atoms with Gasteiger partial charge in [0.15, 0.2) is 5.82 Å². The first kappa shape index (κ1) is 17.4. The molecule has 0 radical (unpaired) electrons. The average Bonchev–Trinajstić information content (AvgIpc) is 2.37. The summed E-state index contributed by atoms with van der Waals surface area (Å²) in [6.07, 6.45) is 1.86. The van der Waals surface area contributed by atoms with Crippen LogP contribution in [-0.4, -0.2) is 23.6 Å². The number of rotatable bonds is 6. The molecular weight excluding hydrogens is 318 g/mol. The maximum absolute atomic E-state index is 5.90. The van der Waals surface area contributed by atoms with Crippen LogP contribution in [0, 0.1) is 5.41 Å². The van der Waals surface area contributed by atoms with Crippen LogP contribution in [0.1, 0.15) is 58.7 Å². The molecule has 1 aromatic rings. The standard InChI is InChI=1S/C15H26BrN3O/c1-7-9-10-11(16)13(17-6)19-14(18-10)12(20-8-2)15(3,4)5/h12H,7-9H2,1-6H3,(H,17,18,19). The van der Waals surface area contributed by atoms with Crippen molar-refractivity contribution < 1.29 is 4.74 Å². The number of nitrogens with zero attached hydrogens (tertiary/aromatic N) is 2. The molecule has 0 aromatic carbocycles. The number of nitrogens with one attached hydrogen (secondary N) is 1. The van der Waals surface area contributed by atoms with E-state index in [0.29, 0.717) is 6.61 Å². The Hall–Kier alpha value is -0.680. The first-order valence-electron chi connectivity index (χ1n) is 7.20. The van der Waals surface area contributed by atoms with E-state index in [2.05, 4.69) is 53.9 Å². The lowest BCUT2D eigenvalue weighted by molar-refractivity contribution is -0.0191. The largest absolute Gasteiger partial charge is 0.372 e. The molecule has 1 N–H and O–H groups in total. The van der Waals surface area contributed by atoms with Crippen molar-refractivity contribution in [1.82, 2.24) is 9.97 Å². The SMILES string of the molecule is CCCc1nc(C(OCC)C(C)(C)C)nc(NC)c1Br. The molecule has 0 aliphatic carbocycles. The van der Waals surface area contributed by atoms with E-state index in [1.54, 1.807) is 0 Å². The van der Waals surface area contributed by atoms with Crippen LogP contribution in [0.2, 0.25) is 0 Å². The molecule has 0 saturated heterocycles. The third kappa shape index (κ3) is 4.16. The third-order valence-corrected chi connectivity index (χ3v) is 3.85. The van der Waals surface area contributed by atoms with Gasteiger partial charge in [-0.05, 0) is 34.7 Å². The van der Waals surface area contributed by atoms with Gasteiger partial charge in [-0.2, -0.15) is 0 Å². The highest BCUT2D eigenvalue weighted by Crippen LogP contribution is 2.36. The van der Waals surface area contributed by atoms with Gasteiger partial charge in [-0.15, -0.1) is 0 Å². The van der Waals surface area contributed by atoms with Crippen molar-refractivity contribution in [3.63, 3.8) is 0 Å². The third-order valence-electron chi connectivity index (χ3n) is 3.02. The van der Waals surface area contributed by atoms with Crippen LogP contribution in [0.5, 0.6) is 0 Å². The molecular formula is C15H26BrN3O. The quantitative estimate of drug-likeness (QED) is 0.833. The van der Waals surface area contributed by atoms with Crippen LogP contribution >= 0.6 is 15.9 Å². The fourth-order valence-corrected chi connectivity index (χ4v) is 2.65. The van der Waals surface area contributed by atoms with E-state index in [4.69, 9.17) is 9.72 Å². The maximum atomic E-state index is 5.90. The molecule has 0 bridgehead atoms. The van der Waals surface area contributed by atoms with E-state index >= 15 is 0 Å². The Bertz CT molecular complexity index is 443. The molecule has 1 rings (SSSR count). The van der Waals surface area contributed by atoms with E-state index in [1.807, 2.05) is 14.0 Å². The Kier molecular flexibility index (Phi) is 6.40. The Morgan fingerprint density at radius 3 is 2.35 bits per heavy atom. The van der Waals surface area contributed by atoms with Gasteiger partial charge in [0.05, 0.1) is 10.2 Å². The second-order valence-corrected chi connectivity index (χ2v) is 6.69. The number of halogens is 1. The second kappa shape index (κ2) is 7.36. The predicted octanol–water partition coefficient (Wildman–Crippen LogP) is 4.36. The first-order valence-corrected chi connectivity index (χ1v) is 8.00. The van der Waals surface area contributed by atoms with Crippen LogP contribution in [0.15, 0.2) is 4.47 Å². The summed E-state index contributed by atoms with van der Waals surface area (Å²) >= 11 is 3.59. The van der Waals surface area contributed by atoms with Gasteiger partial charge in [0.1, 0.15) is 11.9 Å². The summed E-state index contributed by atoms with van der Waals surface area (Å²) in [5.74, 6) is 1.59. The van der Waals surface area contributed by atoms with Crippen LogP contribution in [0.25, 0.3) is 0 Å². The summed E-state index contributed by atoms with van der Waals surface area (Å²) in [6.45, 7) is 11.3. The van der Waals surface area contributed by atoms with Gasteiger partial charge in [-0.25, -0.2) is 9.97 Å². The van der Waals surface area contributed by atoms with Crippen molar-refractivity contribution in [2.24, 2.45) is 5.41 Å². The fraction of sp³-hybridized carbons (Fsp3) is 0.733. The minimum absolute atomic E-state index is 0.0433. The maximum Gasteiger partial charge on any atom is 0.160 e. The lowest BCUT2D eigenvalue weighted by Gasteiger charge is -2.29. The molecule has 20 heavy (non-hydrogen) atoms. The van der Waals surface area contributed by atoms with Gasteiger partial charge in [0.2, 0.25) is 0 Å². The molecule has 0 amide bonds. The van der Waals surface area contributed by atoms with Gasteiger partial charge in [-0.3, -0.25) is 0 Å². The van der Waals surface area contributed by atoms with Gasteiger partial charge in [0.25, 0.3) is 0 Å². The Morgan fingerprint density at radius 1 is 1.25 bits per heavy atom. The molecule has 1 unspecified atom stereocenters. The van der Waals surface area contributed by atoms with Gasteiger partial charge in [0, 0.05) is 13.7 Å². The van der Waals surface area contributed by atoms with Crippen LogP contribution in [-0.2, 0) is 11.2 Å². The smallest absolute Gasteiger partial charge is 0.160 e. The zero-order valence-electron chi connectivity index (χ0n) is 13.4. The highest BCUT2D eigenvalue weighted by atomic mass is 79.9. The van der Waals surface area contributed by atoms with Crippen molar-refractivity contribution in [1.29, 1.82) is 0 Å². The summed E-state index contributed by atoms with van der Waals surface area (Å²) in [5, 5.41) is 3.13. The Balaban J connectivity index is 3.31. The van der Waals surface area contributed by atoms with Crippen molar-refractivity contribution >= 4 is 21.7 Å². The number of hydrogen-bond donors (Lipinski definition) is 1. The minimum atomic E-state index is -0.108. The van der Waals surface area contributed by atoms with E-state index in [1.165, 1.54) is 0 Å². The summed E-state index contributed by atoms with van der Waals surface area (Å²) in [5.41, 5.74) is 0.994. The summed E-state index contributed by atoms with van der Waals surface area (Å²) in [6, 6.07) is 0. The fourth-order valence-electron chi connectivity index (χ4n) is 2.08.